The third kappa shape index (κ3) is 3.59. The van der Waals surface area contributed by atoms with Crippen LogP contribution >= 0.6 is 11.3 Å². The van der Waals surface area contributed by atoms with Gasteiger partial charge in [0, 0.05) is 6.54 Å². The molecule has 0 radical (unpaired) electrons. The zero-order chi connectivity index (χ0) is 18.0. The van der Waals surface area contributed by atoms with Crippen LogP contribution < -0.4 is 4.80 Å². The molecule has 0 aliphatic carbocycles. The van der Waals surface area contributed by atoms with Gasteiger partial charge in [0.1, 0.15) is 0 Å². The van der Waals surface area contributed by atoms with Crippen molar-refractivity contribution in [2.45, 2.75) is 47.1 Å². The summed E-state index contributed by atoms with van der Waals surface area (Å²) >= 11 is 1.60. The van der Waals surface area contributed by atoms with Gasteiger partial charge < -0.3 is 4.57 Å². The molecule has 0 aliphatic heterocycles. The average Bonchev–Trinajstić information content (AvgIpc) is 2.94. The van der Waals surface area contributed by atoms with Crippen molar-refractivity contribution in [1.82, 2.24) is 4.57 Å². The molecule has 2 aromatic carbocycles. The first-order valence-electron chi connectivity index (χ1n) is 8.78. The lowest BCUT2D eigenvalue weighted by Gasteiger charge is -2.06. The molecule has 0 aliphatic rings. The lowest BCUT2D eigenvalue weighted by Crippen LogP contribution is -2.17. The fourth-order valence-corrected chi connectivity index (χ4v) is 4.33. The van der Waals surface area contributed by atoms with E-state index in [4.69, 9.17) is 0 Å². The van der Waals surface area contributed by atoms with E-state index in [-0.39, 0.29) is 5.91 Å². The number of aromatic nitrogens is 1. The predicted octanol–water partition coefficient (Wildman–Crippen LogP) is 4.57. The van der Waals surface area contributed by atoms with Gasteiger partial charge in [0.25, 0.3) is 5.91 Å². The Kier molecular flexibility index (Phi) is 5.19. The first kappa shape index (κ1) is 17.6. The fraction of sp³-hybridized carbons (Fsp3) is 0.333. The van der Waals surface area contributed by atoms with Crippen LogP contribution in [-0.4, -0.2) is 10.5 Å². The number of para-hydroxylation sites is 1. The van der Waals surface area contributed by atoms with E-state index in [9.17, 15) is 4.79 Å². The van der Waals surface area contributed by atoms with Crippen molar-refractivity contribution < 1.29 is 4.79 Å². The average molecular weight is 353 g/mol. The topological polar surface area (TPSA) is 34.4 Å². The molecule has 1 amide bonds. The molecule has 3 nitrogen and oxygen atoms in total. The van der Waals surface area contributed by atoms with E-state index in [2.05, 4.69) is 59.8 Å². The number of carbonyl (C=O) groups is 1. The Morgan fingerprint density at radius 1 is 1.12 bits per heavy atom. The van der Waals surface area contributed by atoms with E-state index in [1.54, 1.807) is 11.3 Å². The maximum absolute atomic E-state index is 12.6. The molecule has 0 atom stereocenters. The summed E-state index contributed by atoms with van der Waals surface area (Å²) < 4.78 is 3.36. The second kappa shape index (κ2) is 7.36. The first-order valence-corrected chi connectivity index (χ1v) is 9.60. The van der Waals surface area contributed by atoms with Crippen LogP contribution in [0.1, 0.15) is 36.1 Å². The molecule has 0 N–H and O–H groups in total. The smallest absolute Gasteiger partial charge is 0.252 e. The van der Waals surface area contributed by atoms with Crippen LogP contribution in [0.25, 0.3) is 10.2 Å². The molecule has 1 aromatic heterocycles. The minimum Gasteiger partial charge on any atom is -0.316 e. The maximum Gasteiger partial charge on any atom is 0.252 e. The molecule has 0 fully saturated rings. The van der Waals surface area contributed by atoms with Gasteiger partial charge in [-0.1, -0.05) is 54.2 Å². The highest BCUT2D eigenvalue weighted by atomic mass is 32.1. The molecule has 0 unspecified atom stereocenters. The summed E-state index contributed by atoms with van der Waals surface area (Å²) in [4.78, 5) is 17.8. The Morgan fingerprint density at radius 2 is 1.92 bits per heavy atom. The summed E-state index contributed by atoms with van der Waals surface area (Å²) in [7, 11) is 0. The van der Waals surface area contributed by atoms with E-state index in [1.807, 2.05) is 13.8 Å². The molecular weight excluding hydrogens is 328 g/mol. The largest absolute Gasteiger partial charge is 0.316 e. The van der Waals surface area contributed by atoms with E-state index in [0.717, 1.165) is 28.9 Å². The molecule has 25 heavy (non-hydrogen) atoms. The lowest BCUT2D eigenvalue weighted by atomic mass is 10.0. The van der Waals surface area contributed by atoms with Crippen LogP contribution in [0.15, 0.2) is 41.4 Å². The second-order valence-electron chi connectivity index (χ2n) is 6.36. The predicted molar refractivity (Wildman–Crippen MR) is 105 cm³/mol. The van der Waals surface area contributed by atoms with E-state index < -0.39 is 0 Å². The minimum absolute atomic E-state index is 0.0829. The number of hydrogen-bond donors (Lipinski definition) is 0. The third-order valence-electron chi connectivity index (χ3n) is 4.55. The summed E-state index contributed by atoms with van der Waals surface area (Å²) in [5.74, 6) is -0.0829. The van der Waals surface area contributed by atoms with Crippen LogP contribution in [-0.2, 0) is 24.2 Å². The van der Waals surface area contributed by atoms with E-state index in [0.29, 0.717) is 6.42 Å². The van der Waals surface area contributed by atoms with Crippen LogP contribution in [0.2, 0.25) is 0 Å². The van der Waals surface area contributed by atoms with Crippen molar-refractivity contribution in [1.29, 1.82) is 0 Å². The van der Waals surface area contributed by atoms with Gasteiger partial charge in [-0.3, -0.25) is 4.79 Å². The van der Waals surface area contributed by atoms with Crippen molar-refractivity contribution >= 4 is 27.5 Å². The van der Waals surface area contributed by atoms with Gasteiger partial charge in [-0.2, -0.15) is 4.99 Å². The van der Waals surface area contributed by atoms with Gasteiger partial charge in [0.2, 0.25) is 0 Å². The molecule has 0 spiro atoms. The number of carbonyl (C=O) groups excluding carboxylic acids is 1. The Balaban J connectivity index is 2.03. The van der Waals surface area contributed by atoms with Crippen molar-refractivity contribution in [3.8, 4) is 0 Å². The second-order valence-corrected chi connectivity index (χ2v) is 7.37. The summed E-state index contributed by atoms with van der Waals surface area (Å²) in [6, 6.07) is 12.6. The van der Waals surface area contributed by atoms with Crippen molar-refractivity contribution in [2.75, 3.05) is 0 Å². The number of thiazole rings is 1. The quantitative estimate of drug-likeness (QED) is 0.677. The summed E-state index contributed by atoms with van der Waals surface area (Å²) in [5.41, 5.74) is 5.90. The molecule has 0 saturated carbocycles. The number of nitrogens with zero attached hydrogens (tertiary/aromatic N) is 2. The van der Waals surface area contributed by atoms with Gasteiger partial charge in [-0.15, -0.1) is 0 Å². The molecule has 0 bridgehead atoms. The summed E-state index contributed by atoms with van der Waals surface area (Å²) in [6.07, 6.45) is 1.33. The zero-order valence-corrected chi connectivity index (χ0v) is 16.1. The Hall–Kier alpha value is -2.20. The molecular formula is C21H24N2OS. The monoisotopic (exact) mass is 352 g/mol. The molecule has 130 valence electrons. The molecule has 3 aromatic rings. The number of aryl methyl sites for hydroxylation is 4. The number of hydrogen-bond acceptors (Lipinski definition) is 2. The van der Waals surface area contributed by atoms with Crippen LogP contribution in [0.5, 0.6) is 0 Å². The van der Waals surface area contributed by atoms with Gasteiger partial charge in [0.05, 0.1) is 16.6 Å². The number of rotatable bonds is 4. The first-order chi connectivity index (χ1) is 12.0. The highest BCUT2D eigenvalue weighted by molar-refractivity contribution is 7.16. The van der Waals surface area contributed by atoms with Crippen LogP contribution in [0.3, 0.4) is 0 Å². The van der Waals surface area contributed by atoms with E-state index in [1.165, 1.54) is 21.3 Å². The fourth-order valence-electron chi connectivity index (χ4n) is 3.17. The summed E-state index contributed by atoms with van der Waals surface area (Å²) in [6.45, 7) is 9.17. The minimum atomic E-state index is -0.0829. The van der Waals surface area contributed by atoms with Gasteiger partial charge in [-0.25, -0.2) is 0 Å². The van der Waals surface area contributed by atoms with Gasteiger partial charge in [0.15, 0.2) is 4.80 Å². The van der Waals surface area contributed by atoms with Gasteiger partial charge >= 0.3 is 0 Å². The number of fused-ring (bicyclic) bond motifs is 1. The zero-order valence-electron chi connectivity index (χ0n) is 15.3. The van der Waals surface area contributed by atoms with Gasteiger partial charge in [-0.05, 0) is 49.9 Å². The normalized spacial score (nSPS) is 12.1. The van der Waals surface area contributed by atoms with Crippen molar-refractivity contribution in [3.05, 3.63) is 63.5 Å². The molecule has 3 rings (SSSR count). The van der Waals surface area contributed by atoms with Crippen LogP contribution in [0, 0.1) is 13.8 Å². The Labute approximate surface area is 152 Å². The standard InChI is InChI=1S/C21H24N2OS/c1-5-16-8-7-9-18-20(16)23(6-2)21(25-18)22-19(24)13-17-12-14(3)10-11-15(17)4/h7-12H,5-6,13H2,1-4H3. The van der Waals surface area contributed by atoms with E-state index >= 15 is 0 Å². The Morgan fingerprint density at radius 3 is 2.64 bits per heavy atom. The SMILES string of the molecule is CCc1cccc2sc(=NC(=O)Cc3cc(C)ccc3C)n(CC)c12. The molecule has 1 heterocycles. The number of benzene rings is 2. The Bertz CT molecular complexity index is 995. The highest BCUT2D eigenvalue weighted by Crippen LogP contribution is 2.22. The van der Waals surface area contributed by atoms with Crippen molar-refractivity contribution in [2.24, 2.45) is 4.99 Å². The lowest BCUT2D eigenvalue weighted by molar-refractivity contribution is -0.117. The third-order valence-corrected chi connectivity index (χ3v) is 5.59. The molecule has 0 saturated heterocycles. The molecule has 4 heteroatoms. The van der Waals surface area contributed by atoms with Crippen molar-refractivity contribution in [3.63, 3.8) is 0 Å². The van der Waals surface area contributed by atoms with Crippen LogP contribution in [0.4, 0.5) is 0 Å². The highest BCUT2D eigenvalue weighted by Gasteiger charge is 2.11. The maximum atomic E-state index is 12.6. The summed E-state index contributed by atoms with van der Waals surface area (Å²) in [5, 5.41) is 0. The number of amides is 1.